The van der Waals surface area contributed by atoms with Gasteiger partial charge in [0.25, 0.3) is 0 Å². The Morgan fingerprint density at radius 1 is 1.03 bits per heavy atom. The fraction of sp³-hybridized carbons (Fsp3) is 0.500. The van der Waals surface area contributed by atoms with Crippen molar-refractivity contribution in [3.63, 3.8) is 0 Å². The first-order valence-electron chi connectivity index (χ1n) is 13.3. The van der Waals surface area contributed by atoms with E-state index in [9.17, 15) is 14.4 Å². The van der Waals surface area contributed by atoms with Crippen LogP contribution >= 0.6 is 11.6 Å². The van der Waals surface area contributed by atoms with Crippen LogP contribution < -0.4 is 4.90 Å². The fourth-order valence-corrected chi connectivity index (χ4v) is 5.35. The van der Waals surface area contributed by atoms with E-state index in [1.54, 1.807) is 4.90 Å². The molecule has 2 aromatic rings. The van der Waals surface area contributed by atoms with Gasteiger partial charge in [-0.15, -0.1) is 0 Å². The van der Waals surface area contributed by atoms with Gasteiger partial charge in [0.05, 0.1) is 5.69 Å². The zero-order valence-electron chi connectivity index (χ0n) is 22.1. The van der Waals surface area contributed by atoms with Crippen LogP contribution in [0.3, 0.4) is 0 Å². The number of Topliss-reactive ketones (excluding diaryl/α,β-unsaturated/α-hetero) is 1. The van der Waals surface area contributed by atoms with Crippen LogP contribution in [0.15, 0.2) is 36.4 Å². The molecule has 2 heterocycles. The van der Waals surface area contributed by atoms with Crippen LogP contribution in [0.25, 0.3) is 0 Å². The molecule has 0 aromatic heterocycles. The summed E-state index contributed by atoms with van der Waals surface area (Å²) in [6, 6.07) is 11.6. The minimum atomic E-state index is -0.581. The van der Waals surface area contributed by atoms with E-state index in [2.05, 4.69) is 0 Å². The van der Waals surface area contributed by atoms with E-state index in [4.69, 9.17) is 16.3 Å². The van der Waals surface area contributed by atoms with E-state index in [1.165, 1.54) is 0 Å². The summed E-state index contributed by atoms with van der Waals surface area (Å²) in [7, 11) is 0. The lowest BCUT2D eigenvalue weighted by Crippen LogP contribution is -2.39. The van der Waals surface area contributed by atoms with Crippen LogP contribution in [0.2, 0.25) is 5.02 Å². The number of benzene rings is 2. The van der Waals surface area contributed by atoms with Crippen molar-refractivity contribution >= 4 is 35.1 Å². The number of aryl methyl sites for hydroxylation is 2. The predicted octanol–water partition coefficient (Wildman–Crippen LogP) is 6.40. The molecule has 6 nitrogen and oxygen atoms in total. The molecule has 4 rings (SSSR count). The van der Waals surface area contributed by atoms with Gasteiger partial charge in [-0.3, -0.25) is 9.59 Å². The standard InChI is InChI=1S/C30H37ClN2O4/c1-30(2,3)37-29(36)32(18-15-21-9-4-5-11-25(21)31)16-7-6-12-26(34)24-19-22-10-8-17-33-27(35)14-13-23(20-24)28(22)33/h4-5,9,11,19-20H,6-8,10,12-18H2,1-3H3. The Balaban J connectivity index is 1.35. The largest absolute Gasteiger partial charge is 0.444 e. The van der Waals surface area contributed by atoms with Gasteiger partial charge >= 0.3 is 6.09 Å². The van der Waals surface area contributed by atoms with Crippen LogP contribution in [0.5, 0.6) is 0 Å². The molecule has 0 saturated carbocycles. The number of rotatable bonds is 9. The Bertz CT molecular complexity index is 1150. The summed E-state index contributed by atoms with van der Waals surface area (Å²) in [6.45, 7) is 7.36. The first-order valence-corrected chi connectivity index (χ1v) is 13.7. The van der Waals surface area contributed by atoms with Crippen LogP contribution in [-0.2, 0) is 28.8 Å². The van der Waals surface area contributed by atoms with Gasteiger partial charge in [-0.05, 0) is 94.2 Å². The van der Waals surface area contributed by atoms with Gasteiger partial charge in [0.1, 0.15) is 5.60 Å². The number of halogens is 1. The molecule has 0 aliphatic carbocycles. The van der Waals surface area contributed by atoms with Crippen LogP contribution in [-0.4, -0.2) is 47.9 Å². The number of amides is 2. The Morgan fingerprint density at radius 3 is 2.49 bits per heavy atom. The lowest BCUT2D eigenvalue weighted by atomic mass is 9.88. The van der Waals surface area contributed by atoms with Gasteiger partial charge < -0.3 is 14.5 Å². The summed E-state index contributed by atoms with van der Waals surface area (Å²) in [4.78, 5) is 41.9. The van der Waals surface area contributed by atoms with E-state index in [-0.39, 0.29) is 17.8 Å². The van der Waals surface area contributed by atoms with Gasteiger partial charge in [0, 0.05) is 43.1 Å². The SMILES string of the molecule is CC(C)(C)OC(=O)N(CCCCC(=O)c1cc2c3c(c1)CCC(=O)N3CCC2)CCc1ccccc1Cl. The first kappa shape index (κ1) is 27.2. The average molecular weight is 525 g/mol. The Morgan fingerprint density at radius 2 is 1.76 bits per heavy atom. The second kappa shape index (κ2) is 11.7. The third-order valence-electron chi connectivity index (χ3n) is 6.94. The molecule has 0 atom stereocenters. The molecular weight excluding hydrogens is 488 g/mol. The zero-order valence-corrected chi connectivity index (χ0v) is 22.9. The molecule has 0 bridgehead atoms. The smallest absolute Gasteiger partial charge is 0.410 e. The number of carbonyl (C=O) groups excluding carboxylic acids is 3. The maximum absolute atomic E-state index is 13.1. The predicted molar refractivity (Wildman–Crippen MR) is 147 cm³/mol. The molecule has 0 saturated heterocycles. The molecule has 2 amide bonds. The highest BCUT2D eigenvalue weighted by atomic mass is 35.5. The molecule has 0 unspecified atom stereocenters. The topological polar surface area (TPSA) is 66.9 Å². The summed E-state index contributed by atoms with van der Waals surface area (Å²) in [5.74, 6) is 0.310. The minimum Gasteiger partial charge on any atom is -0.444 e. The van der Waals surface area contributed by atoms with Gasteiger partial charge in [-0.25, -0.2) is 4.79 Å². The van der Waals surface area contributed by atoms with Crippen molar-refractivity contribution in [3.05, 3.63) is 63.7 Å². The second-order valence-electron chi connectivity index (χ2n) is 11.0. The number of ketones is 1. The van der Waals surface area contributed by atoms with Gasteiger partial charge in [0.15, 0.2) is 5.78 Å². The quantitative estimate of drug-likeness (QED) is 0.281. The van der Waals surface area contributed by atoms with Gasteiger partial charge in [-0.2, -0.15) is 0 Å². The number of hydrogen-bond donors (Lipinski definition) is 0. The van der Waals surface area contributed by atoms with Crippen molar-refractivity contribution < 1.29 is 19.1 Å². The summed E-state index contributed by atoms with van der Waals surface area (Å²) < 4.78 is 5.63. The highest BCUT2D eigenvalue weighted by Crippen LogP contribution is 2.37. The van der Waals surface area contributed by atoms with E-state index < -0.39 is 5.60 Å². The number of ether oxygens (including phenoxy) is 1. The zero-order chi connectivity index (χ0) is 26.6. The molecule has 2 aliphatic heterocycles. The molecule has 2 aliphatic rings. The molecular formula is C30H37ClN2O4. The monoisotopic (exact) mass is 524 g/mol. The van der Waals surface area contributed by atoms with Gasteiger partial charge in [0.2, 0.25) is 5.91 Å². The molecule has 0 N–H and O–H groups in total. The van der Waals surface area contributed by atoms with Crippen LogP contribution in [0.4, 0.5) is 10.5 Å². The van der Waals surface area contributed by atoms with Crippen molar-refractivity contribution in [1.82, 2.24) is 4.90 Å². The molecule has 7 heteroatoms. The summed E-state index contributed by atoms with van der Waals surface area (Å²) >= 11 is 6.31. The maximum atomic E-state index is 13.1. The Labute approximate surface area is 224 Å². The Kier molecular flexibility index (Phi) is 8.58. The molecule has 198 valence electrons. The number of hydrogen-bond acceptors (Lipinski definition) is 4. The summed E-state index contributed by atoms with van der Waals surface area (Å²) in [5, 5.41) is 0.689. The summed E-state index contributed by atoms with van der Waals surface area (Å²) in [5.41, 5.74) is 4.44. The van der Waals surface area contributed by atoms with Crippen molar-refractivity contribution in [2.24, 2.45) is 0 Å². The van der Waals surface area contributed by atoms with E-state index in [0.29, 0.717) is 56.6 Å². The molecule has 0 fully saturated rings. The number of nitrogens with zero attached hydrogens (tertiary/aromatic N) is 2. The number of anilines is 1. The van der Waals surface area contributed by atoms with E-state index in [0.717, 1.165) is 47.3 Å². The van der Waals surface area contributed by atoms with Crippen molar-refractivity contribution in [2.45, 2.75) is 77.7 Å². The third kappa shape index (κ3) is 6.92. The van der Waals surface area contributed by atoms with Crippen molar-refractivity contribution in [2.75, 3.05) is 24.5 Å². The third-order valence-corrected chi connectivity index (χ3v) is 7.31. The lowest BCUT2D eigenvalue weighted by Gasteiger charge is -2.35. The highest BCUT2D eigenvalue weighted by Gasteiger charge is 2.30. The Hall–Kier alpha value is -2.86. The lowest BCUT2D eigenvalue weighted by molar-refractivity contribution is -0.119. The average Bonchev–Trinajstić information content (AvgIpc) is 2.85. The fourth-order valence-electron chi connectivity index (χ4n) is 5.12. The van der Waals surface area contributed by atoms with Crippen LogP contribution in [0, 0.1) is 0 Å². The highest BCUT2D eigenvalue weighted by molar-refractivity contribution is 6.31. The molecule has 2 aromatic carbocycles. The molecule has 0 radical (unpaired) electrons. The van der Waals surface area contributed by atoms with E-state index in [1.807, 2.05) is 62.1 Å². The molecule has 37 heavy (non-hydrogen) atoms. The number of unbranched alkanes of at least 4 members (excludes halogenated alkanes) is 1. The first-order chi connectivity index (χ1) is 17.6. The normalized spacial score (nSPS) is 14.8. The van der Waals surface area contributed by atoms with E-state index >= 15 is 0 Å². The van der Waals surface area contributed by atoms with Crippen LogP contribution in [0.1, 0.15) is 79.9 Å². The van der Waals surface area contributed by atoms with Crippen molar-refractivity contribution in [3.8, 4) is 0 Å². The van der Waals surface area contributed by atoms with Gasteiger partial charge in [-0.1, -0.05) is 29.8 Å². The minimum absolute atomic E-state index is 0.118. The number of carbonyl (C=O) groups is 3. The second-order valence-corrected chi connectivity index (χ2v) is 11.4. The summed E-state index contributed by atoms with van der Waals surface area (Å²) in [6.07, 6.45) is 5.15. The maximum Gasteiger partial charge on any atom is 0.410 e. The van der Waals surface area contributed by atoms with Crippen molar-refractivity contribution in [1.29, 1.82) is 0 Å². The molecule has 0 spiro atoms.